The number of rotatable bonds is 8. The van der Waals surface area contributed by atoms with Crippen molar-refractivity contribution in [3.05, 3.63) is 84.6 Å². The van der Waals surface area contributed by atoms with Crippen molar-refractivity contribution in [2.45, 2.75) is 25.7 Å². The molecule has 1 aliphatic rings. The molecule has 2 aromatic carbocycles. The summed E-state index contributed by atoms with van der Waals surface area (Å²) in [5.41, 5.74) is 4.12. The third kappa shape index (κ3) is 8.08. The van der Waals surface area contributed by atoms with E-state index in [0.717, 1.165) is 17.1 Å². The average molecular weight is 491 g/mol. The van der Waals surface area contributed by atoms with Crippen LogP contribution in [0.2, 0.25) is 0 Å². The normalized spacial score (nSPS) is 14.8. The fourth-order valence-electron chi connectivity index (χ4n) is 3.66. The molecule has 0 amide bonds. The minimum Gasteiger partial charge on any atom is -0.748 e. The SMILES string of the molecule is CC1(C)C(/C=C/C=C/Nc2ccccc2)=[N+](CCCS(=O)(=O)[O-])c2ccccc21.O=S(=O)=O. The minimum absolute atomic E-state index is 0.218. The number of benzene rings is 2. The first-order valence-corrected chi connectivity index (χ1v) is 12.7. The van der Waals surface area contributed by atoms with E-state index in [1.165, 1.54) is 5.56 Å². The summed E-state index contributed by atoms with van der Waals surface area (Å²) in [5.74, 6) is -0.357. The first kappa shape index (κ1) is 26.2. The topological polar surface area (TPSA) is 123 Å². The van der Waals surface area contributed by atoms with Gasteiger partial charge in [-0.25, -0.2) is 8.42 Å². The lowest BCUT2D eigenvalue weighted by atomic mass is 9.81. The van der Waals surface area contributed by atoms with E-state index in [-0.39, 0.29) is 11.2 Å². The van der Waals surface area contributed by atoms with Gasteiger partial charge in [-0.15, -0.1) is 12.6 Å². The molecule has 0 fully saturated rings. The molecule has 3 rings (SSSR count). The van der Waals surface area contributed by atoms with Gasteiger partial charge in [-0.3, -0.25) is 0 Å². The van der Waals surface area contributed by atoms with Crippen molar-refractivity contribution >= 4 is 37.8 Å². The lowest BCUT2D eigenvalue weighted by Gasteiger charge is -2.15. The number of hydrogen-bond acceptors (Lipinski definition) is 7. The third-order valence-electron chi connectivity index (χ3n) is 5.06. The molecule has 0 aliphatic carbocycles. The number of anilines is 1. The van der Waals surface area contributed by atoms with Gasteiger partial charge in [-0.05, 0) is 32.1 Å². The first-order chi connectivity index (χ1) is 15.5. The molecule has 1 heterocycles. The zero-order valence-corrected chi connectivity index (χ0v) is 20.0. The van der Waals surface area contributed by atoms with Crippen LogP contribution in [0.15, 0.2) is 79.0 Å². The van der Waals surface area contributed by atoms with Crippen molar-refractivity contribution in [1.29, 1.82) is 0 Å². The van der Waals surface area contributed by atoms with Gasteiger partial charge in [-0.2, -0.15) is 4.58 Å². The molecule has 0 spiro atoms. The number of fused-ring (bicyclic) bond motifs is 1. The Morgan fingerprint density at radius 1 is 1.00 bits per heavy atom. The van der Waals surface area contributed by atoms with Crippen LogP contribution < -0.4 is 5.32 Å². The monoisotopic (exact) mass is 490 g/mol. The van der Waals surface area contributed by atoms with Crippen LogP contribution in [0.3, 0.4) is 0 Å². The Morgan fingerprint density at radius 3 is 2.24 bits per heavy atom. The van der Waals surface area contributed by atoms with Gasteiger partial charge in [0, 0.05) is 41.8 Å². The molecule has 1 aliphatic heterocycles. The van der Waals surface area contributed by atoms with E-state index >= 15 is 0 Å². The molecule has 8 nitrogen and oxygen atoms in total. The molecule has 0 saturated carbocycles. The first-order valence-electron chi connectivity index (χ1n) is 10.1. The largest absolute Gasteiger partial charge is 0.748 e. The molecule has 0 saturated heterocycles. The second kappa shape index (κ2) is 11.7. The number of para-hydroxylation sites is 2. The summed E-state index contributed by atoms with van der Waals surface area (Å²) in [6.45, 7) is 4.79. The van der Waals surface area contributed by atoms with Gasteiger partial charge < -0.3 is 9.87 Å². The summed E-state index contributed by atoms with van der Waals surface area (Å²) in [4.78, 5) is 0. The Bertz CT molecular complexity index is 1260. The summed E-state index contributed by atoms with van der Waals surface area (Å²) in [6.07, 6.45) is 8.11. The minimum atomic E-state index is -4.21. The van der Waals surface area contributed by atoms with Crippen molar-refractivity contribution < 1.29 is 30.2 Å². The molecule has 0 atom stereocenters. The van der Waals surface area contributed by atoms with Crippen molar-refractivity contribution in [1.82, 2.24) is 0 Å². The van der Waals surface area contributed by atoms with Gasteiger partial charge in [0.1, 0.15) is 6.54 Å². The highest BCUT2D eigenvalue weighted by Gasteiger charge is 2.43. The van der Waals surface area contributed by atoms with Crippen LogP contribution in [0.25, 0.3) is 0 Å². The van der Waals surface area contributed by atoms with Gasteiger partial charge in [0.05, 0.1) is 15.5 Å². The predicted molar refractivity (Wildman–Crippen MR) is 126 cm³/mol. The van der Waals surface area contributed by atoms with Crippen LogP contribution in [0, 0.1) is 0 Å². The number of hydrogen-bond donors (Lipinski definition) is 1. The van der Waals surface area contributed by atoms with Crippen molar-refractivity contribution in [3.63, 3.8) is 0 Å². The smallest absolute Gasteiger partial charge is 0.425 e. The van der Waals surface area contributed by atoms with Gasteiger partial charge in [0.25, 0.3) is 0 Å². The van der Waals surface area contributed by atoms with Crippen LogP contribution in [-0.4, -0.2) is 48.2 Å². The average Bonchev–Trinajstić information content (AvgIpc) is 2.94. The summed E-state index contributed by atoms with van der Waals surface area (Å²) >= 11 is 0. The maximum atomic E-state index is 11.0. The predicted octanol–water partition coefficient (Wildman–Crippen LogP) is 3.18. The number of nitrogens with one attached hydrogen (secondary N) is 1. The molecule has 2 aromatic rings. The van der Waals surface area contributed by atoms with Crippen LogP contribution in [0.1, 0.15) is 25.8 Å². The van der Waals surface area contributed by atoms with E-state index in [2.05, 4.69) is 35.9 Å². The van der Waals surface area contributed by atoms with E-state index in [4.69, 9.17) is 12.6 Å². The van der Waals surface area contributed by atoms with E-state index in [1.807, 2.05) is 66.9 Å². The third-order valence-corrected chi connectivity index (χ3v) is 5.85. The molecule has 1 N–H and O–H groups in total. The highest BCUT2D eigenvalue weighted by atomic mass is 32.2. The lowest BCUT2D eigenvalue weighted by molar-refractivity contribution is -0.437. The van der Waals surface area contributed by atoms with Gasteiger partial charge in [-0.1, -0.05) is 42.5 Å². The van der Waals surface area contributed by atoms with E-state index in [9.17, 15) is 13.0 Å². The van der Waals surface area contributed by atoms with Crippen LogP contribution >= 0.6 is 0 Å². The van der Waals surface area contributed by atoms with Gasteiger partial charge >= 0.3 is 10.6 Å². The Labute approximate surface area is 195 Å². The van der Waals surface area contributed by atoms with Crippen molar-refractivity contribution in [3.8, 4) is 0 Å². The Morgan fingerprint density at radius 2 is 1.61 bits per heavy atom. The summed E-state index contributed by atoms with van der Waals surface area (Å²) in [7, 11) is -7.32. The lowest BCUT2D eigenvalue weighted by Crippen LogP contribution is -2.28. The fraction of sp³-hybridized carbons (Fsp3) is 0.261. The molecule has 0 bridgehead atoms. The second-order valence-corrected chi connectivity index (χ2v) is 9.66. The number of allylic oxidation sites excluding steroid dienone is 3. The van der Waals surface area contributed by atoms with Crippen LogP contribution in [-0.2, 0) is 26.1 Å². The van der Waals surface area contributed by atoms with Crippen molar-refractivity contribution in [2.75, 3.05) is 17.6 Å². The van der Waals surface area contributed by atoms with Crippen LogP contribution in [0.4, 0.5) is 11.4 Å². The maximum Gasteiger partial charge on any atom is 0.425 e. The van der Waals surface area contributed by atoms with Crippen molar-refractivity contribution in [2.24, 2.45) is 0 Å². The van der Waals surface area contributed by atoms with Gasteiger partial charge in [0.15, 0.2) is 5.71 Å². The quantitative estimate of drug-likeness (QED) is 0.342. The summed E-state index contributed by atoms with van der Waals surface area (Å²) in [6, 6.07) is 18.0. The zero-order chi connectivity index (χ0) is 24.5. The van der Waals surface area contributed by atoms with E-state index in [0.29, 0.717) is 13.0 Å². The zero-order valence-electron chi connectivity index (χ0n) is 18.3. The standard InChI is InChI=1S/C23H26N2O3S.O3S/c1-23(2)20-13-6-7-14-21(20)25(17-10-18-29(26,27)28)22(23)15-8-9-16-24-19-11-4-3-5-12-19;1-4(2)3/h3-9,11-16H,10,17-18H2,1-2H3,(H,26,27,28);. The summed E-state index contributed by atoms with van der Waals surface area (Å²) in [5, 5.41) is 3.21. The Hall–Kier alpha value is -3.08. The molecule has 176 valence electrons. The fourth-order valence-corrected chi connectivity index (χ4v) is 4.14. The Balaban J connectivity index is 0.000000890. The summed E-state index contributed by atoms with van der Waals surface area (Å²) < 4.78 is 60.5. The highest BCUT2D eigenvalue weighted by molar-refractivity contribution is 7.85. The molecule has 33 heavy (non-hydrogen) atoms. The van der Waals surface area contributed by atoms with E-state index < -0.39 is 20.7 Å². The molecule has 10 heteroatoms. The molecular weight excluding hydrogens is 464 g/mol. The molecular formula is C23H26N2O6S2. The second-order valence-electron chi connectivity index (χ2n) is 7.73. The molecule has 0 unspecified atom stereocenters. The molecule has 0 aromatic heterocycles. The Kier molecular flexibility index (Phi) is 9.27. The van der Waals surface area contributed by atoms with E-state index in [1.54, 1.807) is 0 Å². The van der Waals surface area contributed by atoms with Crippen LogP contribution in [0.5, 0.6) is 0 Å². The maximum absolute atomic E-state index is 11.0. The van der Waals surface area contributed by atoms with Gasteiger partial charge in [0.2, 0.25) is 5.69 Å². The molecule has 0 radical (unpaired) electrons. The highest BCUT2D eigenvalue weighted by Crippen LogP contribution is 2.39. The number of nitrogens with zero attached hydrogens (tertiary/aromatic N) is 1.